The molecule has 3 heterocycles. The van der Waals surface area contributed by atoms with Gasteiger partial charge in [-0.1, -0.05) is 17.3 Å². The Bertz CT molecular complexity index is 750. The topological polar surface area (TPSA) is 84.7 Å². The van der Waals surface area contributed by atoms with Crippen molar-refractivity contribution in [3.63, 3.8) is 0 Å². The molecule has 9 heteroatoms. The predicted molar refractivity (Wildman–Crippen MR) is 98.9 cm³/mol. The van der Waals surface area contributed by atoms with E-state index in [9.17, 15) is 9.50 Å². The van der Waals surface area contributed by atoms with Crippen LogP contribution in [0.1, 0.15) is 11.3 Å². The molecule has 4 rings (SSSR count). The lowest BCUT2D eigenvalue weighted by Gasteiger charge is -2.25. The molecule has 0 radical (unpaired) electrons. The second-order valence-corrected chi connectivity index (χ2v) is 7.29. The molecule has 0 unspecified atom stereocenters. The predicted octanol–water partition coefficient (Wildman–Crippen LogP) is 0.168. The zero-order valence-electron chi connectivity index (χ0n) is 15.7. The molecule has 0 amide bonds. The van der Waals surface area contributed by atoms with Gasteiger partial charge in [-0.3, -0.25) is 4.90 Å². The summed E-state index contributed by atoms with van der Waals surface area (Å²) in [7, 11) is 0. The maximum Gasteiger partial charge on any atom is 0.123 e. The Morgan fingerprint density at radius 1 is 1.21 bits per heavy atom. The lowest BCUT2D eigenvalue weighted by molar-refractivity contribution is 0.0336. The number of nitrogens with one attached hydrogen (secondary N) is 1. The third-order valence-electron chi connectivity index (χ3n) is 5.19. The van der Waals surface area contributed by atoms with Gasteiger partial charge in [0.15, 0.2) is 0 Å². The first-order valence-corrected chi connectivity index (χ1v) is 9.64. The molecule has 2 saturated heterocycles. The molecule has 2 N–H and O–H groups in total. The normalized spacial score (nSPS) is 26.0. The van der Waals surface area contributed by atoms with Gasteiger partial charge in [0, 0.05) is 32.4 Å². The minimum absolute atomic E-state index is 0.214. The van der Waals surface area contributed by atoms with Crippen LogP contribution < -0.4 is 5.32 Å². The Morgan fingerprint density at radius 2 is 2.00 bits per heavy atom. The molecule has 2 aliphatic rings. The van der Waals surface area contributed by atoms with Crippen LogP contribution in [0.25, 0.3) is 0 Å². The number of ether oxygens (including phenoxy) is 2. The van der Waals surface area contributed by atoms with Gasteiger partial charge in [0.2, 0.25) is 0 Å². The van der Waals surface area contributed by atoms with Crippen LogP contribution >= 0.6 is 0 Å². The molecule has 152 valence electrons. The van der Waals surface area contributed by atoms with E-state index in [4.69, 9.17) is 9.47 Å². The maximum absolute atomic E-state index is 13.0. The Kier molecular flexibility index (Phi) is 6.28. The Labute approximate surface area is 163 Å². The van der Waals surface area contributed by atoms with E-state index in [0.29, 0.717) is 13.1 Å². The quantitative estimate of drug-likeness (QED) is 0.696. The number of hydrogen-bond donors (Lipinski definition) is 2. The zero-order chi connectivity index (χ0) is 19.3. The van der Waals surface area contributed by atoms with Crippen molar-refractivity contribution in [3.8, 4) is 0 Å². The van der Waals surface area contributed by atoms with E-state index < -0.39 is 6.10 Å². The third kappa shape index (κ3) is 4.92. The highest BCUT2D eigenvalue weighted by Crippen LogP contribution is 2.17. The Balaban J connectivity index is 1.32. The van der Waals surface area contributed by atoms with Crippen LogP contribution in [0.4, 0.5) is 4.39 Å². The van der Waals surface area contributed by atoms with Crippen LogP contribution in [0.15, 0.2) is 30.5 Å². The summed E-state index contributed by atoms with van der Waals surface area (Å²) in [6, 6.07) is 6.10. The second kappa shape index (κ2) is 9.06. The molecule has 2 aromatic rings. The highest BCUT2D eigenvalue weighted by molar-refractivity contribution is 5.16. The van der Waals surface area contributed by atoms with Crippen LogP contribution in [-0.4, -0.2) is 76.2 Å². The molecule has 0 spiro atoms. The molecule has 2 aliphatic heterocycles. The number of benzene rings is 1. The molecule has 1 aromatic carbocycles. The fourth-order valence-corrected chi connectivity index (χ4v) is 3.62. The van der Waals surface area contributed by atoms with Gasteiger partial charge in [0.25, 0.3) is 0 Å². The standard InChI is InChI=1S/C19H26FN5O3/c20-15-3-1-14(2-4-15)9-21-19-17(26)13-28-18(19)12-25-11-16(22-23-25)10-24-5-7-27-8-6-24/h1-4,11,17-19,21,26H,5-10,12-13H2/t17-,18+,19+/m0/s1. The molecule has 8 nitrogen and oxygen atoms in total. The number of aliphatic hydroxyl groups excluding tert-OH is 1. The summed E-state index contributed by atoms with van der Waals surface area (Å²) in [5.41, 5.74) is 1.86. The second-order valence-electron chi connectivity index (χ2n) is 7.29. The van der Waals surface area contributed by atoms with Crippen molar-refractivity contribution in [1.82, 2.24) is 25.2 Å². The van der Waals surface area contributed by atoms with E-state index in [1.807, 2.05) is 6.20 Å². The van der Waals surface area contributed by atoms with Gasteiger partial charge in [-0.2, -0.15) is 0 Å². The summed E-state index contributed by atoms with van der Waals surface area (Å²) in [5, 5.41) is 22.1. The van der Waals surface area contributed by atoms with Gasteiger partial charge in [-0.05, 0) is 17.7 Å². The van der Waals surface area contributed by atoms with Crippen molar-refractivity contribution >= 4 is 0 Å². The van der Waals surface area contributed by atoms with Crippen molar-refractivity contribution in [1.29, 1.82) is 0 Å². The van der Waals surface area contributed by atoms with E-state index in [1.165, 1.54) is 12.1 Å². The minimum atomic E-state index is -0.596. The highest BCUT2D eigenvalue weighted by Gasteiger charge is 2.36. The van der Waals surface area contributed by atoms with Gasteiger partial charge in [0.1, 0.15) is 5.82 Å². The Morgan fingerprint density at radius 3 is 2.79 bits per heavy atom. The first kappa shape index (κ1) is 19.4. The molecule has 0 aliphatic carbocycles. The number of rotatable bonds is 7. The number of halogens is 1. The van der Waals surface area contributed by atoms with E-state index in [0.717, 1.165) is 44.1 Å². The fraction of sp³-hybridized carbons (Fsp3) is 0.579. The number of nitrogens with zero attached hydrogens (tertiary/aromatic N) is 4. The van der Waals surface area contributed by atoms with Crippen LogP contribution in [0.3, 0.4) is 0 Å². The summed E-state index contributed by atoms with van der Waals surface area (Å²) in [6.07, 6.45) is 1.12. The molecule has 1 aromatic heterocycles. The van der Waals surface area contributed by atoms with Crippen molar-refractivity contribution in [2.24, 2.45) is 0 Å². The van der Waals surface area contributed by atoms with E-state index in [1.54, 1.807) is 16.8 Å². The molecule has 2 fully saturated rings. The monoisotopic (exact) mass is 391 g/mol. The van der Waals surface area contributed by atoms with Gasteiger partial charge in [-0.15, -0.1) is 5.10 Å². The van der Waals surface area contributed by atoms with Crippen molar-refractivity contribution in [2.75, 3.05) is 32.9 Å². The molecule has 0 saturated carbocycles. The summed E-state index contributed by atoms with van der Waals surface area (Å²) in [5.74, 6) is -0.259. The summed E-state index contributed by atoms with van der Waals surface area (Å²) in [4.78, 5) is 2.29. The average Bonchev–Trinajstić information content (AvgIpc) is 3.29. The van der Waals surface area contributed by atoms with Crippen LogP contribution in [-0.2, 0) is 29.1 Å². The molecule has 0 bridgehead atoms. The fourth-order valence-electron chi connectivity index (χ4n) is 3.62. The largest absolute Gasteiger partial charge is 0.389 e. The van der Waals surface area contributed by atoms with Crippen LogP contribution in [0, 0.1) is 5.82 Å². The lowest BCUT2D eigenvalue weighted by Crippen LogP contribution is -2.45. The highest BCUT2D eigenvalue weighted by atomic mass is 19.1. The smallest absolute Gasteiger partial charge is 0.123 e. The van der Waals surface area contributed by atoms with Crippen LogP contribution in [0.5, 0.6) is 0 Å². The first-order chi connectivity index (χ1) is 13.7. The summed E-state index contributed by atoms with van der Waals surface area (Å²) >= 11 is 0. The van der Waals surface area contributed by atoms with Gasteiger partial charge < -0.3 is 19.9 Å². The number of aromatic nitrogens is 3. The van der Waals surface area contributed by atoms with Crippen molar-refractivity contribution in [3.05, 3.63) is 47.5 Å². The summed E-state index contributed by atoms with van der Waals surface area (Å²) < 4.78 is 25.9. The zero-order valence-corrected chi connectivity index (χ0v) is 15.7. The number of morpholine rings is 1. The van der Waals surface area contributed by atoms with Crippen molar-refractivity contribution in [2.45, 2.75) is 37.9 Å². The minimum Gasteiger partial charge on any atom is -0.389 e. The van der Waals surface area contributed by atoms with Gasteiger partial charge >= 0.3 is 0 Å². The lowest BCUT2D eigenvalue weighted by atomic mass is 10.1. The molecule has 28 heavy (non-hydrogen) atoms. The van der Waals surface area contributed by atoms with Crippen molar-refractivity contribution < 1.29 is 19.0 Å². The molecular weight excluding hydrogens is 365 g/mol. The SMILES string of the molecule is O[C@H]1CO[C@H](Cn2cc(CN3CCOCC3)nn2)[C@@H]1NCc1ccc(F)cc1. The van der Waals surface area contributed by atoms with E-state index in [2.05, 4.69) is 20.5 Å². The van der Waals surface area contributed by atoms with Gasteiger partial charge in [-0.25, -0.2) is 9.07 Å². The van der Waals surface area contributed by atoms with E-state index in [-0.39, 0.29) is 24.6 Å². The van der Waals surface area contributed by atoms with Crippen LogP contribution in [0.2, 0.25) is 0 Å². The van der Waals surface area contributed by atoms with E-state index >= 15 is 0 Å². The summed E-state index contributed by atoms with van der Waals surface area (Å²) in [6.45, 7) is 5.38. The Hall–Kier alpha value is -1.91. The number of aliphatic hydroxyl groups is 1. The molecule has 3 atom stereocenters. The third-order valence-corrected chi connectivity index (χ3v) is 5.19. The first-order valence-electron chi connectivity index (χ1n) is 9.64. The molecular formula is C19H26FN5O3. The maximum atomic E-state index is 13.0. The van der Waals surface area contributed by atoms with Gasteiger partial charge in [0.05, 0.1) is 50.3 Å². The average molecular weight is 391 g/mol. The number of hydrogen-bond acceptors (Lipinski definition) is 7.